The fourth-order valence-corrected chi connectivity index (χ4v) is 2.81. The Hall–Kier alpha value is -2.80. The lowest BCUT2D eigenvalue weighted by molar-refractivity contribution is 0.619. The maximum Gasteiger partial charge on any atom is 0.171 e. The van der Waals surface area contributed by atoms with Crippen LogP contribution in [0.4, 0.5) is 14.5 Å². The number of aryl methyl sites for hydroxylation is 2. The van der Waals surface area contributed by atoms with Crippen molar-refractivity contribution in [2.45, 2.75) is 13.0 Å². The van der Waals surface area contributed by atoms with E-state index in [4.69, 9.17) is 12.2 Å². The molecule has 2 aromatic carbocycles. The van der Waals surface area contributed by atoms with Gasteiger partial charge in [0.05, 0.1) is 12.2 Å². The van der Waals surface area contributed by atoms with Gasteiger partial charge in [0.25, 0.3) is 0 Å². The molecule has 26 heavy (non-hydrogen) atoms. The minimum atomic E-state index is -0.320. The molecule has 0 spiro atoms. The Kier molecular flexibility index (Phi) is 5.27. The third-order valence-electron chi connectivity index (χ3n) is 3.97. The number of aromatic nitrogens is 2. The standard InChI is InChI=1S/C19H18F2N4S/c1-12-3-8-16(9-17(12)21)23-19(26)24-18(14-10-22-25(2)11-14)13-4-6-15(20)7-5-13/h3-11,18H,1-2H3,(H2,23,24,26). The smallest absolute Gasteiger partial charge is 0.171 e. The maximum atomic E-state index is 13.7. The molecule has 4 nitrogen and oxygen atoms in total. The first-order valence-corrected chi connectivity index (χ1v) is 8.41. The second-order valence-corrected chi connectivity index (χ2v) is 6.40. The highest BCUT2D eigenvalue weighted by molar-refractivity contribution is 7.80. The van der Waals surface area contributed by atoms with Crippen LogP contribution in [0.25, 0.3) is 0 Å². The molecular weight excluding hydrogens is 354 g/mol. The average Bonchev–Trinajstić information content (AvgIpc) is 3.03. The summed E-state index contributed by atoms with van der Waals surface area (Å²) in [6, 6.07) is 10.7. The van der Waals surface area contributed by atoms with E-state index in [0.29, 0.717) is 16.4 Å². The van der Waals surface area contributed by atoms with E-state index >= 15 is 0 Å². The van der Waals surface area contributed by atoms with Gasteiger partial charge < -0.3 is 10.6 Å². The van der Waals surface area contributed by atoms with Crippen molar-refractivity contribution in [1.29, 1.82) is 0 Å². The first kappa shape index (κ1) is 18.0. The van der Waals surface area contributed by atoms with Crippen LogP contribution in [-0.2, 0) is 7.05 Å². The predicted molar refractivity (Wildman–Crippen MR) is 102 cm³/mol. The molecule has 0 bridgehead atoms. The zero-order valence-corrected chi connectivity index (χ0v) is 15.1. The molecule has 2 N–H and O–H groups in total. The van der Waals surface area contributed by atoms with E-state index in [-0.39, 0.29) is 17.7 Å². The van der Waals surface area contributed by atoms with Crippen LogP contribution in [0.5, 0.6) is 0 Å². The predicted octanol–water partition coefficient (Wildman–Crippen LogP) is 4.08. The molecule has 0 saturated carbocycles. The summed E-state index contributed by atoms with van der Waals surface area (Å²) in [6.07, 6.45) is 3.57. The summed E-state index contributed by atoms with van der Waals surface area (Å²) in [7, 11) is 1.82. The molecule has 0 amide bonds. The van der Waals surface area contributed by atoms with E-state index in [1.54, 1.807) is 42.1 Å². The number of benzene rings is 2. The number of rotatable bonds is 4. The quantitative estimate of drug-likeness (QED) is 0.677. The van der Waals surface area contributed by atoms with Crippen LogP contribution in [0.1, 0.15) is 22.7 Å². The van der Waals surface area contributed by atoms with Crippen LogP contribution in [0, 0.1) is 18.6 Å². The average molecular weight is 372 g/mol. The van der Waals surface area contributed by atoms with Gasteiger partial charge in [-0.05, 0) is 54.5 Å². The van der Waals surface area contributed by atoms with Gasteiger partial charge in [-0.1, -0.05) is 18.2 Å². The Morgan fingerprint density at radius 1 is 1.12 bits per heavy atom. The third-order valence-corrected chi connectivity index (χ3v) is 4.19. The van der Waals surface area contributed by atoms with E-state index in [1.807, 2.05) is 13.2 Å². The molecule has 0 fully saturated rings. The normalized spacial score (nSPS) is 11.8. The second kappa shape index (κ2) is 7.61. The van der Waals surface area contributed by atoms with Gasteiger partial charge in [0.15, 0.2) is 5.11 Å². The van der Waals surface area contributed by atoms with Crippen molar-refractivity contribution < 1.29 is 8.78 Å². The van der Waals surface area contributed by atoms with Gasteiger partial charge in [-0.25, -0.2) is 8.78 Å². The monoisotopic (exact) mass is 372 g/mol. The highest BCUT2D eigenvalue weighted by Gasteiger charge is 2.17. The number of nitrogens with one attached hydrogen (secondary N) is 2. The maximum absolute atomic E-state index is 13.7. The van der Waals surface area contributed by atoms with Crippen molar-refractivity contribution in [2.24, 2.45) is 7.05 Å². The molecule has 3 rings (SSSR count). The fraction of sp³-hybridized carbons (Fsp3) is 0.158. The van der Waals surface area contributed by atoms with Crippen LogP contribution in [0.3, 0.4) is 0 Å². The molecule has 0 saturated heterocycles. The molecular formula is C19H18F2N4S. The van der Waals surface area contributed by atoms with Gasteiger partial charge in [-0.2, -0.15) is 5.10 Å². The van der Waals surface area contributed by atoms with Gasteiger partial charge >= 0.3 is 0 Å². The Morgan fingerprint density at radius 3 is 2.46 bits per heavy atom. The highest BCUT2D eigenvalue weighted by Crippen LogP contribution is 2.22. The summed E-state index contributed by atoms with van der Waals surface area (Å²) < 4.78 is 28.7. The Labute approximate surface area is 155 Å². The van der Waals surface area contributed by atoms with E-state index < -0.39 is 0 Å². The lowest BCUT2D eigenvalue weighted by atomic mass is 10.0. The van der Waals surface area contributed by atoms with Gasteiger partial charge in [0.1, 0.15) is 11.6 Å². The lowest BCUT2D eigenvalue weighted by Gasteiger charge is -2.20. The summed E-state index contributed by atoms with van der Waals surface area (Å²) in [6.45, 7) is 1.70. The van der Waals surface area contributed by atoms with E-state index in [9.17, 15) is 8.78 Å². The number of halogens is 2. The van der Waals surface area contributed by atoms with E-state index in [2.05, 4.69) is 15.7 Å². The van der Waals surface area contributed by atoms with Crippen LogP contribution < -0.4 is 10.6 Å². The molecule has 3 aromatic rings. The zero-order valence-electron chi connectivity index (χ0n) is 14.3. The van der Waals surface area contributed by atoms with Gasteiger partial charge in [-0.3, -0.25) is 4.68 Å². The number of nitrogens with zero attached hydrogens (tertiary/aromatic N) is 2. The molecule has 0 aliphatic carbocycles. The summed E-state index contributed by atoms with van der Waals surface area (Å²) in [5.41, 5.74) is 2.82. The molecule has 0 aliphatic rings. The number of hydrogen-bond acceptors (Lipinski definition) is 2. The molecule has 1 atom stereocenters. The molecule has 1 unspecified atom stereocenters. The van der Waals surface area contributed by atoms with Gasteiger partial charge in [0.2, 0.25) is 0 Å². The first-order valence-electron chi connectivity index (χ1n) is 8.00. The van der Waals surface area contributed by atoms with Crippen molar-refractivity contribution >= 4 is 23.0 Å². The van der Waals surface area contributed by atoms with Gasteiger partial charge in [-0.15, -0.1) is 0 Å². The van der Waals surface area contributed by atoms with Gasteiger partial charge in [0, 0.05) is 24.5 Å². The van der Waals surface area contributed by atoms with Crippen LogP contribution in [0.15, 0.2) is 54.9 Å². The molecule has 134 valence electrons. The van der Waals surface area contributed by atoms with E-state index in [0.717, 1.165) is 11.1 Å². The summed E-state index contributed by atoms with van der Waals surface area (Å²) in [5.74, 6) is -0.616. The highest BCUT2D eigenvalue weighted by atomic mass is 32.1. The third kappa shape index (κ3) is 4.23. The van der Waals surface area contributed by atoms with Crippen molar-refractivity contribution in [1.82, 2.24) is 15.1 Å². The van der Waals surface area contributed by atoms with Crippen LogP contribution >= 0.6 is 12.2 Å². The SMILES string of the molecule is Cc1ccc(NC(=S)NC(c2ccc(F)cc2)c2cnn(C)c2)cc1F. The lowest BCUT2D eigenvalue weighted by Crippen LogP contribution is -2.32. The molecule has 1 aromatic heterocycles. The zero-order chi connectivity index (χ0) is 18.7. The largest absolute Gasteiger partial charge is 0.351 e. The summed E-state index contributed by atoms with van der Waals surface area (Å²) in [4.78, 5) is 0. The fourth-order valence-electron chi connectivity index (χ4n) is 2.57. The van der Waals surface area contributed by atoms with Crippen LogP contribution in [0.2, 0.25) is 0 Å². The summed E-state index contributed by atoms with van der Waals surface area (Å²) >= 11 is 5.37. The van der Waals surface area contributed by atoms with Crippen molar-refractivity contribution in [3.8, 4) is 0 Å². The second-order valence-electron chi connectivity index (χ2n) is 5.99. The minimum absolute atomic E-state index is 0.305. The summed E-state index contributed by atoms with van der Waals surface area (Å²) in [5, 5.41) is 10.7. The molecule has 0 radical (unpaired) electrons. The Balaban J connectivity index is 1.81. The Bertz CT molecular complexity index is 922. The Morgan fingerprint density at radius 2 is 1.85 bits per heavy atom. The topological polar surface area (TPSA) is 41.9 Å². The number of hydrogen-bond donors (Lipinski definition) is 2. The van der Waals surface area contributed by atoms with Crippen molar-refractivity contribution in [2.75, 3.05) is 5.32 Å². The van der Waals surface area contributed by atoms with Crippen molar-refractivity contribution in [3.05, 3.63) is 83.2 Å². The van der Waals surface area contributed by atoms with Crippen molar-refractivity contribution in [3.63, 3.8) is 0 Å². The van der Waals surface area contributed by atoms with Crippen LogP contribution in [-0.4, -0.2) is 14.9 Å². The molecule has 1 heterocycles. The molecule has 7 heteroatoms. The first-order chi connectivity index (χ1) is 12.4. The number of thiocarbonyl (C=S) groups is 1. The van der Waals surface area contributed by atoms with E-state index in [1.165, 1.54) is 18.2 Å². The molecule has 0 aliphatic heterocycles. The minimum Gasteiger partial charge on any atom is -0.351 e. The number of anilines is 1.